The number of esters is 1. The normalized spacial score (nSPS) is 10.4. The van der Waals surface area contributed by atoms with Crippen molar-refractivity contribution in [3.63, 3.8) is 0 Å². The fourth-order valence-electron chi connectivity index (χ4n) is 1.91. The maximum Gasteiger partial charge on any atom is 0.361 e. The first-order chi connectivity index (χ1) is 10.2. The predicted molar refractivity (Wildman–Crippen MR) is 79.3 cm³/mol. The van der Waals surface area contributed by atoms with Crippen LogP contribution in [-0.4, -0.2) is 27.5 Å². The lowest BCUT2D eigenvalue weighted by molar-refractivity contribution is 0.0519. The van der Waals surface area contributed by atoms with Crippen molar-refractivity contribution in [2.75, 3.05) is 11.9 Å². The number of hydrogen-bond acceptors (Lipinski definition) is 5. The molecule has 2 aromatic rings. The van der Waals surface area contributed by atoms with Crippen molar-refractivity contribution >= 4 is 11.7 Å². The molecule has 6 heteroatoms. The van der Waals surface area contributed by atoms with Gasteiger partial charge in [0.1, 0.15) is 5.75 Å². The largest absolute Gasteiger partial charge is 0.508 e. The second kappa shape index (κ2) is 6.78. The van der Waals surface area contributed by atoms with Crippen LogP contribution in [-0.2, 0) is 17.8 Å². The molecule has 2 rings (SSSR count). The number of phenolic OH excluding ortho intramolecular Hbond substituents is 1. The monoisotopic (exact) mass is 289 g/mol. The van der Waals surface area contributed by atoms with Gasteiger partial charge in [0.2, 0.25) is 0 Å². The zero-order valence-corrected chi connectivity index (χ0v) is 12.2. The molecule has 0 aliphatic rings. The fourth-order valence-corrected chi connectivity index (χ4v) is 1.91. The van der Waals surface area contributed by atoms with Gasteiger partial charge in [0.05, 0.1) is 12.3 Å². The van der Waals surface area contributed by atoms with Crippen LogP contribution < -0.4 is 5.32 Å². The van der Waals surface area contributed by atoms with Gasteiger partial charge in [-0.3, -0.25) is 4.68 Å². The molecule has 0 bridgehead atoms. The molecule has 0 fully saturated rings. The summed E-state index contributed by atoms with van der Waals surface area (Å²) in [4.78, 5) is 11.9. The van der Waals surface area contributed by atoms with Crippen molar-refractivity contribution in [1.82, 2.24) is 9.78 Å². The number of anilines is 1. The Labute approximate surface area is 123 Å². The topological polar surface area (TPSA) is 76.4 Å². The second-order valence-corrected chi connectivity index (χ2v) is 4.45. The number of aromatic hydroxyl groups is 1. The summed E-state index contributed by atoms with van der Waals surface area (Å²) in [5, 5.41) is 17.1. The summed E-state index contributed by atoms with van der Waals surface area (Å²) in [5.74, 6) is -0.241. The Bertz CT molecular complexity index is 622. The third-order valence-electron chi connectivity index (χ3n) is 3.02. The molecule has 0 atom stereocenters. The summed E-state index contributed by atoms with van der Waals surface area (Å²) in [6, 6.07) is 7.05. The van der Waals surface area contributed by atoms with E-state index in [0.717, 1.165) is 5.56 Å². The zero-order valence-electron chi connectivity index (χ0n) is 12.2. The number of para-hydroxylation sites is 1. The molecule has 21 heavy (non-hydrogen) atoms. The summed E-state index contributed by atoms with van der Waals surface area (Å²) in [6.07, 6.45) is 1.76. The van der Waals surface area contributed by atoms with E-state index < -0.39 is 5.97 Å². The standard InChI is InChI=1S/C15H19N3O3/c1-3-18-10-12(14(17-18)15(20)21-4-2)16-9-11-7-5-6-8-13(11)19/h5-8,10,16,19H,3-4,9H2,1-2H3. The van der Waals surface area contributed by atoms with Crippen LogP contribution in [0.5, 0.6) is 5.75 Å². The Kier molecular flexibility index (Phi) is 4.81. The van der Waals surface area contributed by atoms with Crippen molar-refractivity contribution < 1.29 is 14.6 Å². The number of benzene rings is 1. The number of aromatic nitrogens is 2. The molecule has 0 amide bonds. The van der Waals surface area contributed by atoms with Crippen LogP contribution in [0.2, 0.25) is 0 Å². The Morgan fingerprint density at radius 3 is 2.81 bits per heavy atom. The Hall–Kier alpha value is -2.50. The van der Waals surface area contributed by atoms with Crippen LogP contribution in [0.25, 0.3) is 0 Å². The Balaban J connectivity index is 2.17. The average Bonchev–Trinajstić information content (AvgIpc) is 2.90. The molecular formula is C15H19N3O3. The highest BCUT2D eigenvalue weighted by molar-refractivity contribution is 5.93. The molecule has 6 nitrogen and oxygen atoms in total. The molecule has 0 saturated heterocycles. The first-order valence-electron chi connectivity index (χ1n) is 6.91. The number of nitrogens with one attached hydrogen (secondary N) is 1. The quantitative estimate of drug-likeness (QED) is 0.799. The highest BCUT2D eigenvalue weighted by Gasteiger charge is 2.17. The molecular weight excluding hydrogens is 270 g/mol. The molecule has 1 heterocycles. The van der Waals surface area contributed by atoms with Crippen LogP contribution in [0.4, 0.5) is 5.69 Å². The van der Waals surface area contributed by atoms with E-state index in [2.05, 4.69) is 10.4 Å². The summed E-state index contributed by atoms with van der Waals surface area (Å²) in [7, 11) is 0. The van der Waals surface area contributed by atoms with Crippen molar-refractivity contribution in [3.05, 3.63) is 41.7 Å². The van der Waals surface area contributed by atoms with E-state index in [-0.39, 0.29) is 11.4 Å². The lowest BCUT2D eigenvalue weighted by Crippen LogP contribution is -2.10. The smallest absolute Gasteiger partial charge is 0.361 e. The number of rotatable bonds is 6. The van der Waals surface area contributed by atoms with Crippen LogP contribution in [0, 0.1) is 0 Å². The second-order valence-electron chi connectivity index (χ2n) is 4.45. The van der Waals surface area contributed by atoms with Crippen molar-refractivity contribution in [2.24, 2.45) is 0 Å². The van der Waals surface area contributed by atoms with E-state index in [1.807, 2.05) is 19.1 Å². The number of nitrogens with zero attached hydrogens (tertiary/aromatic N) is 2. The van der Waals surface area contributed by atoms with Gasteiger partial charge in [-0.2, -0.15) is 5.10 Å². The first kappa shape index (κ1) is 14.9. The highest BCUT2D eigenvalue weighted by atomic mass is 16.5. The Morgan fingerprint density at radius 2 is 2.14 bits per heavy atom. The van der Waals surface area contributed by atoms with E-state index in [1.165, 1.54) is 0 Å². The molecule has 0 saturated carbocycles. The van der Waals surface area contributed by atoms with Crippen LogP contribution in [0.1, 0.15) is 29.9 Å². The zero-order chi connectivity index (χ0) is 15.2. The van der Waals surface area contributed by atoms with Gasteiger partial charge in [0.25, 0.3) is 0 Å². The van der Waals surface area contributed by atoms with E-state index in [1.54, 1.807) is 29.9 Å². The summed E-state index contributed by atoms with van der Waals surface area (Å²) in [5.41, 5.74) is 1.60. The number of aryl methyl sites for hydroxylation is 1. The SMILES string of the molecule is CCOC(=O)c1nn(CC)cc1NCc1ccccc1O. The number of carbonyl (C=O) groups is 1. The number of carbonyl (C=O) groups excluding carboxylic acids is 1. The Morgan fingerprint density at radius 1 is 1.38 bits per heavy atom. The van der Waals surface area contributed by atoms with Crippen LogP contribution >= 0.6 is 0 Å². The predicted octanol–water partition coefficient (Wildman–Crippen LogP) is 2.40. The van der Waals surface area contributed by atoms with Gasteiger partial charge in [0.15, 0.2) is 5.69 Å². The van der Waals surface area contributed by atoms with Crippen molar-refractivity contribution in [1.29, 1.82) is 0 Å². The van der Waals surface area contributed by atoms with E-state index in [4.69, 9.17) is 4.74 Å². The first-order valence-corrected chi connectivity index (χ1v) is 6.91. The fraction of sp³-hybridized carbons (Fsp3) is 0.333. The van der Waals surface area contributed by atoms with Gasteiger partial charge < -0.3 is 15.2 Å². The molecule has 0 unspecified atom stereocenters. The molecule has 0 radical (unpaired) electrons. The highest BCUT2D eigenvalue weighted by Crippen LogP contribution is 2.20. The number of hydrogen-bond donors (Lipinski definition) is 2. The molecule has 0 aliphatic heterocycles. The van der Waals surface area contributed by atoms with Gasteiger partial charge in [-0.1, -0.05) is 18.2 Å². The van der Waals surface area contributed by atoms with Crippen LogP contribution in [0.15, 0.2) is 30.5 Å². The lowest BCUT2D eigenvalue weighted by Gasteiger charge is -2.07. The minimum atomic E-state index is -0.454. The summed E-state index contributed by atoms with van der Waals surface area (Å²) in [6.45, 7) is 5.05. The molecule has 1 aromatic carbocycles. The molecule has 112 valence electrons. The molecule has 0 aliphatic carbocycles. The van der Waals surface area contributed by atoms with Gasteiger partial charge in [0, 0.05) is 24.8 Å². The molecule has 2 N–H and O–H groups in total. The summed E-state index contributed by atoms with van der Waals surface area (Å²) < 4.78 is 6.66. The van der Waals surface area contributed by atoms with Gasteiger partial charge >= 0.3 is 5.97 Å². The van der Waals surface area contributed by atoms with Crippen molar-refractivity contribution in [3.8, 4) is 5.75 Å². The summed E-state index contributed by atoms with van der Waals surface area (Å²) >= 11 is 0. The minimum Gasteiger partial charge on any atom is -0.508 e. The average molecular weight is 289 g/mol. The van der Waals surface area contributed by atoms with E-state index >= 15 is 0 Å². The maximum atomic E-state index is 11.9. The third-order valence-corrected chi connectivity index (χ3v) is 3.02. The van der Waals surface area contributed by atoms with Gasteiger partial charge in [-0.05, 0) is 19.9 Å². The minimum absolute atomic E-state index is 0.213. The molecule has 0 spiro atoms. The van der Waals surface area contributed by atoms with Gasteiger partial charge in [-0.25, -0.2) is 4.79 Å². The van der Waals surface area contributed by atoms with E-state index in [9.17, 15) is 9.90 Å². The molecule has 1 aromatic heterocycles. The van der Waals surface area contributed by atoms with E-state index in [0.29, 0.717) is 25.4 Å². The number of ether oxygens (including phenoxy) is 1. The maximum absolute atomic E-state index is 11.9. The van der Waals surface area contributed by atoms with Crippen molar-refractivity contribution in [2.45, 2.75) is 26.9 Å². The number of phenols is 1. The van der Waals surface area contributed by atoms with Crippen LogP contribution in [0.3, 0.4) is 0 Å². The van der Waals surface area contributed by atoms with Gasteiger partial charge in [-0.15, -0.1) is 0 Å². The lowest BCUT2D eigenvalue weighted by atomic mass is 10.2. The third kappa shape index (κ3) is 3.53.